The van der Waals surface area contributed by atoms with E-state index in [2.05, 4.69) is 11.8 Å². The molecule has 0 saturated heterocycles. The van der Waals surface area contributed by atoms with Crippen molar-refractivity contribution in [1.29, 1.82) is 0 Å². The Morgan fingerprint density at radius 2 is 1.59 bits per heavy atom. The van der Waals surface area contributed by atoms with E-state index >= 15 is 0 Å². The second-order valence-corrected chi connectivity index (χ2v) is 9.88. The van der Waals surface area contributed by atoms with Crippen LogP contribution in [0.4, 0.5) is 0 Å². The monoisotopic (exact) mass is 473 g/mol. The molecule has 0 heterocycles. The van der Waals surface area contributed by atoms with Gasteiger partial charge in [0, 0.05) is 11.6 Å². The van der Waals surface area contributed by atoms with Crippen LogP contribution in [0.5, 0.6) is 11.5 Å². The molecule has 0 aliphatic heterocycles. The van der Waals surface area contributed by atoms with Crippen LogP contribution in [0, 0.1) is 0 Å². The van der Waals surface area contributed by atoms with Gasteiger partial charge in [-0.2, -0.15) is 0 Å². The van der Waals surface area contributed by atoms with Gasteiger partial charge in [0.15, 0.2) is 0 Å². The number of sulfone groups is 1. The summed E-state index contributed by atoms with van der Waals surface area (Å²) in [6.07, 6.45) is 0.758. The van der Waals surface area contributed by atoms with Gasteiger partial charge < -0.3 is 14.4 Å². The molecule has 0 aliphatic rings. The van der Waals surface area contributed by atoms with Crippen LogP contribution in [0.15, 0.2) is 76.5 Å². The van der Waals surface area contributed by atoms with Crippen LogP contribution in [-0.4, -0.2) is 40.6 Å². The first-order valence-electron chi connectivity index (χ1n) is 10.4. The Kier molecular flexibility index (Phi) is 8.18. The largest absolute Gasteiger partial charge is 0.495 e. The van der Waals surface area contributed by atoms with Crippen molar-refractivity contribution in [3.63, 3.8) is 0 Å². The maximum absolute atomic E-state index is 13.3. The molecule has 0 bridgehead atoms. The number of rotatable bonds is 10. The number of likely N-dealkylation sites (N-methyl/N-ethyl adjacent to an activating group) is 1. The average Bonchev–Trinajstić information content (AvgIpc) is 2.82. The molecule has 0 amide bonds. The van der Waals surface area contributed by atoms with Gasteiger partial charge in [0.25, 0.3) is 0 Å². The quantitative estimate of drug-likeness (QED) is 0.402. The average molecular weight is 474 g/mol. The first kappa shape index (κ1) is 24.1. The zero-order chi connectivity index (χ0) is 23.1. The second kappa shape index (κ2) is 10.9. The molecule has 0 spiro atoms. The predicted octanol–water partition coefficient (Wildman–Crippen LogP) is 5.25. The molecular formula is C25H28ClNO4S. The second-order valence-electron chi connectivity index (χ2n) is 7.52. The van der Waals surface area contributed by atoms with E-state index in [1.54, 1.807) is 48.5 Å². The molecule has 32 heavy (non-hydrogen) atoms. The zero-order valence-electron chi connectivity index (χ0n) is 18.5. The minimum atomic E-state index is -3.75. The first-order valence-corrected chi connectivity index (χ1v) is 12.3. The van der Waals surface area contributed by atoms with Crippen molar-refractivity contribution in [2.45, 2.75) is 29.7 Å². The number of hydrogen-bond acceptors (Lipinski definition) is 5. The molecular weight excluding hydrogens is 446 g/mol. The molecule has 0 saturated carbocycles. The molecule has 0 aromatic heterocycles. The molecule has 0 N–H and O–H groups in total. The van der Waals surface area contributed by atoms with Gasteiger partial charge in [-0.15, -0.1) is 0 Å². The van der Waals surface area contributed by atoms with Crippen LogP contribution in [0.25, 0.3) is 0 Å². The number of nitrogens with zero attached hydrogens (tertiary/aromatic N) is 1. The van der Waals surface area contributed by atoms with Crippen LogP contribution in [0.2, 0.25) is 5.02 Å². The highest BCUT2D eigenvalue weighted by atomic mass is 35.5. The Balaban J connectivity index is 1.78. The van der Waals surface area contributed by atoms with Gasteiger partial charge >= 0.3 is 0 Å². The highest BCUT2D eigenvalue weighted by molar-refractivity contribution is 7.91. The van der Waals surface area contributed by atoms with Crippen molar-refractivity contribution in [1.82, 2.24) is 4.90 Å². The van der Waals surface area contributed by atoms with E-state index in [9.17, 15) is 8.42 Å². The van der Waals surface area contributed by atoms with Crippen molar-refractivity contribution >= 4 is 21.4 Å². The molecule has 0 atom stereocenters. The van der Waals surface area contributed by atoms with Gasteiger partial charge in [0.05, 0.1) is 12.0 Å². The normalized spacial score (nSPS) is 11.5. The van der Waals surface area contributed by atoms with E-state index in [1.165, 1.54) is 7.11 Å². The molecule has 3 rings (SSSR count). The third-order valence-electron chi connectivity index (χ3n) is 5.29. The van der Waals surface area contributed by atoms with Crippen LogP contribution >= 0.6 is 11.6 Å². The van der Waals surface area contributed by atoms with Crippen LogP contribution < -0.4 is 9.47 Å². The topological polar surface area (TPSA) is 55.8 Å². The number of benzene rings is 3. The van der Waals surface area contributed by atoms with Crippen LogP contribution in [0.3, 0.4) is 0 Å². The summed E-state index contributed by atoms with van der Waals surface area (Å²) in [7, 11) is -0.228. The summed E-state index contributed by atoms with van der Waals surface area (Å²) in [6.45, 7) is 4.24. The summed E-state index contributed by atoms with van der Waals surface area (Å²) in [6, 6.07) is 19.2. The van der Waals surface area contributed by atoms with Gasteiger partial charge in [0.1, 0.15) is 23.0 Å². The van der Waals surface area contributed by atoms with Gasteiger partial charge in [-0.05, 0) is 79.7 Å². The predicted molar refractivity (Wildman–Crippen MR) is 128 cm³/mol. The summed E-state index contributed by atoms with van der Waals surface area (Å²) in [4.78, 5) is 2.55. The third-order valence-corrected chi connectivity index (χ3v) is 7.34. The van der Waals surface area contributed by atoms with Gasteiger partial charge in [-0.25, -0.2) is 8.42 Å². The fourth-order valence-corrected chi connectivity index (χ4v) is 4.75. The molecule has 0 unspecified atom stereocenters. The lowest BCUT2D eigenvalue weighted by Gasteiger charge is -2.15. The number of hydrogen-bond donors (Lipinski definition) is 0. The van der Waals surface area contributed by atoms with E-state index in [-0.39, 0.29) is 9.79 Å². The molecule has 7 heteroatoms. The first-order chi connectivity index (χ1) is 15.3. The number of halogens is 1. The summed E-state index contributed by atoms with van der Waals surface area (Å²) >= 11 is 5.90. The maximum atomic E-state index is 13.3. The molecule has 5 nitrogen and oxygen atoms in total. The van der Waals surface area contributed by atoms with Gasteiger partial charge in [0.2, 0.25) is 9.84 Å². The summed E-state index contributed by atoms with van der Waals surface area (Å²) in [5.74, 6) is 0.919. The lowest BCUT2D eigenvalue weighted by Crippen LogP contribution is -2.20. The summed E-state index contributed by atoms with van der Waals surface area (Å²) in [5, 5.41) is 0.667. The minimum Gasteiger partial charge on any atom is -0.495 e. The molecule has 0 radical (unpaired) electrons. The van der Waals surface area contributed by atoms with Crippen molar-refractivity contribution in [3.8, 4) is 11.5 Å². The van der Waals surface area contributed by atoms with E-state index in [0.717, 1.165) is 30.6 Å². The molecule has 3 aromatic carbocycles. The number of methoxy groups -OCH3 is 1. The highest BCUT2D eigenvalue weighted by Crippen LogP contribution is 2.31. The smallest absolute Gasteiger partial charge is 0.210 e. The molecule has 3 aromatic rings. The van der Waals surface area contributed by atoms with Gasteiger partial charge in [-0.3, -0.25) is 0 Å². The fraction of sp³-hybridized carbons (Fsp3) is 0.280. The van der Waals surface area contributed by atoms with E-state index in [0.29, 0.717) is 23.1 Å². The lowest BCUT2D eigenvalue weighted by molar-refractivity contribution is 0.306. The maximum Gasteiger partial charge on any atom is 0.210 e. The van der Waals surface area contributed by atoms with E-state index in [4.69, 9.17) is 21.1 Å². The van der Waals surface area contributed by atoms with Gasteiger partial charge in [-0.1, -0.05) is 36.7 Å². The number of ether oxygens (including phenoxy) is 2. The fourth-order valence-electron chi connectivity index (χ4n) is 3.15. The Bertz CT molecular complexity index is 1130. The summed E-state index contributed by atoms with van der Waals surface area (Å²) < 4.78 is 37.8. The van der Waals surface area contributed by atoms with Crippen molar-refractivity contribution in [3.05, 3.63) is 82.9 Å². The Morgan fingerprint density at radius 1 is 0.938 bits per heavy atom. The van der Waals surface area contributed by atoms with E-state index in [1.807, 2.05) is 25.2 Å². The van der Waals surface area contributed by atoms with Crippen LogP contribution in [-0.2, 0) is 22.9 Å². The SMILES string of the molecule is CCN(C)CCc1ccc(OC)c(S(=O)(=O)c2ccc(OCc3ccc(Cl)cc3)cc2)c1. The Morgan fingerprint density at radius 3 is 2.22 bits per heavy atom. The summed E-state index contributed by atoms with van der Waals surface area (Å²) in [5.41, 5.74) is 1.92. The Labute approximate surface area is 195 Å². The van der Waals surface area contributed by atoms with Crippen molar-refractivity contribution in [2.24, 2.45) is 0 Å². The van der Waals surface area contributed by atoms with Crippen LogP contribution in [0.1, 0.15) is 18.1 Å². The lowest BCUT2D eigenvalue weighted by atomic mass is 10.1. The standard InChI is InChI=1S/C25H28ClNO4S/c1-4-27(2)16-15-19-7-14-24(30-3)25(17-19)32(28,29)23-12-10-22(11-13-23)31-18-20-5-8-21(26)9-6-20/h5-14,17H,4,15-16,18H2,1-3H3. The highest BCUT2D eigenvalue weighted by Gasteiger charge is 2.23. The molecule has 170 valence electrons. The minimum absolute atomic E-state index is 0.173. The molecule has 0 aliphatic carbocycles. The van der Waals surface area contributed by atoms with E-state index < -0.39 is 9.84 Å². The van der Waals surface area contributed by atoms with Crippen molar-refractivity contribution in [2.75, 3.05) is 27.2 Å². The van der Waals surface area contributed by atoms with Crippen molar-refractivity contribution < 1.29 is 17.9 Å². The molecule has 0 fully saturated rings. The zero-order valence-corrected chi connectivity index (χ0v) is 20.1. The third kappa shape index (κ3) is 6.03. The Hall–Kier alpha value is -2.54.